The molecule has 1 atom stereocenters. The average molecular weight is 276 g/mol. The van der Waals surface area contributed by atoms with Crippen molar-refractivity contribution in [3.05, 3.63) is 5.56 Å². The van der Waals surface area contributed by atoms with E-state index < -0.39 is 0 Å². The highest BCUT2D eigenvalue weighted by Gasteiger charge is 2.30. The molecule has 2 aliphatic rings. The van der Waals surface area contributed by atoms with Crippen LogP contribution in [0.3, 0.4) is 0 Å². The van der Waals surface area contributed by atoms with Gasteiger partial charge >= 0.3 is 0 Å². The maximum atomic E-state index is 12.2. The lowest BCUT2D eigenvalue weighted by molar-refractivity contribution is -0.120. The van der Waals surface area contributed by atoms with Gasteiger partial charge in [0, 0.05) is 24.4 Å². The van der Waals surface area contributed by atoms with Crippen molar-refractivity contribution >= 4 is 23.5 Å². The summed E-state index contributed by atoms with van der Waals surface area (Å²) in [5.74, 6) is 1.40. The number of carbonyl (C=O) groups is 2. The molecule has 6 nitrogen and oxygen atoms in total. The van der Waals surface area contributed by atoms with Crippen LogP contribution in [0.15, 0.2) is 0 Å². The van der Waals surface area contributed by atoms with Crippen LogP contribution in [-0.4, -0.2) is 21.6 Å². The lowest BCUT2D eigenvalue weighted by Crippen LogP contribution is -2.29. The SMILES string of the molecule is C[C@@H]1Cc2c(NC(=O)C3CCCC3)nn(C)c2NC1=O. The van der Waals surface area contributed by atoms with Gasteiger partial charge in [-0.3, -0.25) is 14.3 Å². The number of hydrogen-bond acceptors (Lipinski definition) is 3. The molecule has 3 rings (SSSR count). The predicted octanol–water partition coefficient (Wildman–Crippen LogP) is 1.68. The first-order valence-electron chi connectivity index (χ1n) is 7.24. The van der Waals surface area contributed by atoms with Gasteiger partial charge in [-0.1, -0.05) is 19.8 Å². The van der Waals surface area contributed by atoms with Crippen molar-refractivity contribution in [3.8, 4) is 0 Å². The van der Waals surface area contributed by atoms with Crippen LogP contribution in [0.1, 0.15) is 38.2 Å². The van der Waals surface area contributed by atoms with E-state index in [1.807, 2.05) is 6.92 Å². The molecule has 0 radical (unpaired) electrons. The molecule has 1 aromatic rings. The largest absolute Gasteiger partial charge is 0.310 e. The van der Waals surface area contributed by atoms with Gasteiger partial charge in [-0.25, -0.2) is 0 Å². The molecule has 1 aliphatic carbocycles. The van der Waals surface area contributed by atoms with E-state index >= 15 is 0 Å². The van der Waals surface area contributed by atoms with Crippen LogP contribution in [0.5, 0.6) is 0 Å². The summed E-state index contributed by atoms with van der Waals surface area (Å²) in [4.78, 5) is 23.9. The van der Waals surface area contributed by atoms with E-state index in [1.165, 1.54) is 0 Å². The molecule has 0 saturated heterocycles. The van der Waals surface area contributed by atoms with E-state index in [0.717, 1.165) is 31.2 Å². The van der Waals surface area contributed by atoms with Crippen LogP contribution < -0.4 is 10.6 Å². The van der Waals surface area contributed by atoms with Gasteiger partial charge in [0.05, 0.1) is 0 Å². The summed E-state index contributed by atoms with van der Waals surface area (Å²) < 4.78 is 1.63. The molecular weight excluding hydrogens is 256 g/mol. The molecule has 6 heteroatoms. The Morgan fingerprint density at radius 3 is 2.80 bits per heavy atom. The molecule has 2 heterocycles. The summed E-state index contributed by atoms with van der Waals surface area (Å²) in [5, 5.41) is 10.1. The maximum absolute atomic E-state index is 12.2. The summed E-state index contributed by atoms with van der Waals surface area (Å²) in [6.45, 7) is 1.88. The topological polar surface area (TPSA) is 76.0 Å². The van der Waals surface area contributed by atoms with Gasteiger partial charge in [-0.2, -0.15) is 5.10 Å². The Morgan fingerprint density at radius 2 is 2.10 bits per heavy atom. The first kappa shape index (κ1) is 13.1. The van der Waals surface area contributed by atoms with Crippen LogP contribution in [0.4, 0.5) is 11.6 Å². The Hall–Kier alpha value is -1.85. The first-order valence-corrected chi connectivity index (χ1v) is 7.24. The molecule has 2 amide bonds. The van der Waals surface area contributed by atoms with E-state index in [9.17, 15) is 9.59 Å². The van der Waals surface area contributed by atoms with Crippen molar-refractivity contribution in [2.24, 2.45) is 18.9 Å². The zero-order valence-corrected chi connectivity index (χ0v) is 11.9. The van der Waals surface area contributed by atoms with Crippen molar-refractivity contribution in [1.82, 2.24) is 9.78 Å². The molecule has 20 heavy (non-hydrogen) atoms. The molecule has 1 fully saturated rings. The van der Waals surface area contributed by atoms with E-state index in [2.05, 4.69) is 15.7 Å². The first-order chi connectivity index (χ1) is 9.56. The number of aromatic nitrogens is 2. The third kappa shape index (κ3) is 2.19. The molecule has 1 aromatic heterocycles. The number of amides is 2. The molecule has 0 spiro atoms. The molecule has 0 unspecified atom stereocenters. The van der Waals surface area contributed by atoms with Crippen molar-refractivity contribution < 1.29 is 9.59 Å². The molecule has 2 N–H and O–H groups in total. The molecular formula is C14H20N4O2. The number of anilines is 2. The van der Waals surface area contributed by atoms with Gasteiger partial charge < -0.3 is 10.6 Å². The average Bonchev–Trinajstić information content (AvgIpc) is 3.02. The van der Waals surface area contributed by atoms with Crippen molar-refractivity contribution in [3.63, 3.8) is 0 Å². The van der Waals surface area contributed by atoms with Crippen LogP contribution in [0.2, 0.25) is 0 Å². The second-order valence-corrected chi connectivity index (χ2v) is 5.86. The minimum Gasteiger partial charge on any atom is -0.310 e. The minimum atomic E-state index is -0.0890. The fourth-order valence-electron chi connectivity index (χ4n) is 3.06. The number of nitrogens with one attached hydrogen (secondary N) is 2. The summed E-state index contributed by atoms with van der Waals surface area (Å²) in [6, 6.07) is 0. The monoisotopic (exact) mass is 276 g/mol. The Bertz CT molecular complexity index is 558. The zero-order valence-electron chi connectivity index (χ0n) is 11.9. The number of nitrogens with zero attached hydrogens (tertiary/aromatic N) is 2. The number of carbonyl (C=O) groups excluding carboxylic acids is 2. The normalized spacial score (nSPS) is 22.5. The van der Waals surface area contributed by atoms with E-state index in [0.29, 0.717) is 18.1 Å². The van der Waals surface area contributed by atoms with E-state index in [4.69, 9.17) is 0 Å². The summed E-state index contributed by atoms with van der Waals surface area (Å²) in [6.07, 6.45) is 4.81. The minimum absolute atomic E-state index is 0.00849. The Kier molecular flexibility index (Phi) is 3.23. The third-order valence-electron chi connectivity index (χ3n) is 4.31. The highest BCUT2D eigenvalue weighted by Crippen LogP contribution is 2.32. The van der Waals surface area contributed by atoms with Crippen LogP contribution in [0.25, 0.3) is 0 Å². The van der Waals surface area contributed by atoms with Crippen LogP contribution >= 0.6 is 0 Å². The molecule has 108 valence electrons. The van der Waals surface area contributed by atoms with Crippen molar-refractivity contribution in [2.75, 3.05) is 10.6 Å². The van der Waals surface area contributed by atoms with Gasteiger partial charge in [0.15, 0.2) is 5.82 Å². The quantitative estimate of drug-likeness (QED) is 0.863. The number of aryl methyl sites for hydroxylation is 1. The van der Waals surface area contributed by atoms with Gasteiger partial charge in [-0.05, 0) is 19.3 Å². The van der Waals surface area contributed by atoms with Gasteiger partial charge in [-0.15, -0.1) is 0 Å². The van der Waals surface area contributed by atoms with Crippen LogP contribution in [0, 0.1) is 11.8 Å². The molecule has 0 bridgehead atoms. The van der Waals surface area contributed by atoms with Crippen molar-refractivity contribution in [1.29, 1.82) is 0 Å². The molecule has 0 aromatic carbocycles. The third-order valence-corrected chi connectivity index (χ3v) is 4.31. The number of rotatable bonds is 2. The van der Waals surface area contributed by atoms with Crippen LogP contribution in [-0.2, 0) is 23.1 Å². The standard InChI is InChI=1S/C14H20N4O2/c1-8-7-10-11(15-14(20)9-5-3-4-6-9)17-18(2)12(10)16-13(8)19/h8-9H,3-7H2,1-2H3,(H,16,19)(H,15,17,20)/t8-/m1/s1. The Balaban J connectivity index is 1.82. The van der Waals surface area contributed by atoms with E-state index in [-0.39, 0.29) is 23.7 Å². The van der Waals surface area contributed by atoms with Gasteiger partial charge in [0.2, 0.25) is 11.8 Å². The highest BCUT2D eigenvalue weighted by atomic mass is 16.2. The highest BCUT2D eigenvalue weighted by molar-refractivity contribution is 5.98. The van der Waals surface area contributed by atoms with E-state index in [1.54, 1.807) is 11.7 Å². The smallest absolute Gasteiger partial charge is 0.228 e. The summed E-state index contributed by atoms with van der Waals surface area (Å²) in [7, 11) is 1.78. The Morgan fingerprint density at radius 1 is 1.40 bits per heavy atom. The number of fused-ring (bicyclic) bond motifs is 1. The fourth-order valence-corrected chi connectivity index (χ4v) is 3.06. The fraction of sp³-hybridized carbons (Fsp3) is 0.643. The summed E-state index contributed by atoms with van der Waals surface area (Å²) >= 11 is 0. The predicted molar refractivity (Wildman–Crippen MR) is 75.3 cm³/mol. The molecule has 1 aliphatic heterocycles. The zero-order chi connectivity index (χ0) is 14.3. The lowest BCUT2D eigenvalue weighted by Gasteiger charge is -2.19. The second kappa shape index (κ2) is 4.92. The summed E-state index contributed by atoms with van der Waals surface area (Å²) in [5.41, 5.74) is 0.936. The van der Waals surface area contributed by atoms with Gasteiger partial charge in [0.25, 0.3) is 0 Å². The Labute approximate surface area is 117 Å². The van der Waals surface area contributed by atoms with Crippen molar-refractivity contribution in [2.45, 2.75) is 39.0 Å². The lowest BCUT2D eigenvalue weighted by atomic mass is 9.97. The number of hydrogen-bond donors (Lipinski definition) is 2. The van der Waals surface area contributed by atoms with Gasteiger partial charge in [0.1, 0.15) is 5.82 Å². The molecule has 1 saturated carbocycles. The maximum Gasteiger partial charge on any atom is 0.228 e. The second-order valence-electron chi connectivity index (χ2n) is 5.86.